The van der Waals surface area contributed by atoms with Gasteiger partial charge >= 0.3 is 0 Å². The van der Waals surface area contributed by atoms with Crippen LogP contribution in [-0.2, 0) is 11.3 Å². The molecule has 3 rings (SSSR count). The molecule has 0 bridgehead atoms. The molecule has 0 aliphatic heterocycles. The van der Waals surface area contributed by atoms with E-state index in [0.29, 0.717) is 28.9 Å². The third-order valence-corrected chi connectivity index (χ3v) is 4.48. The van der Waals surface area contributed by atoms with Crippen molar-refractivity contribution in [1.29, 1.82) is 0 Å². The van der Waals surface area contributed by atoms with Gasteiger partial charge in [-0.1, -0.05) is 11.8 Å². The topological polar surface area (TPSA) is 91.4 Å². The number of carbonyl (C=O) groups is 1. The fraction of sp³-hybridized carbons (Fsp3) is 0.235. The monoisotopic (exact) mass is 374 g/mol. The summed E-state index contributed by atoms with van der Waals surface area (Å²) in [6, 6.07) is 8.90. The lowest BCUT2D eigenvalue weighted by Gasteiger charge is -2.11. The minimum Gasteiger partial charge on any atom is -0.497 e. The summed E-state index contributed by atoms with van der Waals surface area (Å²) in [4.78, 5) is 12.3. The standard InChI is InChI=1S/C17H18N4O4S/c1-23-12-5-6-15(24-2)14(8-12)19-16(22)10-26-17-20-18-11-21(17)9-13-4-3-7-25-13/h3-8,11H,9-10H2,1-2H3,(H,19,22). The highest BCUT2D eigenvalue weighted by Crippen LogP contribution is 2.29. The van der Waals surface area contributed by atoms with Gasteiger partial charge in [-0.05, 0) is 24.3 Å². The molecule has 0 aliphatic rings. The summed E-state index contributed by atoms with van der Waals surface area (Å²) in [6.45, 7) is 0.508. The van der Waals surface area contributed by atoms with Crippen LogP contribution in [0.4, 0.5) is 5.69 Å². The highest BCUT2D eigenvalue weighted by Gasteiger charge is 2.12. The number of carbonyl (C=O) groups excluding carboxylic acids is 1. The fourth-order valence-electron chi connectivity index (χ4n) is 2.26. The molecule has 0 saturated carbocycles. The van der Waals surface area contributed by atoms with Crippen molar-refractivity contribution in [2.45, 2.75) is 11.7 Å². The second-order valence-corrected chi connectivity index (χ2v) is 6.17. The van der Waals surface area contributed by atoms with Crippen LogP contribution in [0.2, 0.25) is 0 Å². The zero-order valence-corrected chi connectivity index (χ0v) is 15.2. The molecule has 0 fully saturated rings. The number of amides is 1. The number of thioether (sulfide) groups is 1. The molecule has 1 N–H and O–H groups in total. The predicted molar refractivity (Wildman–Crippen MR) is 96.7 cm³/mol. The lowest BCUT2D eigenvalue weighted by Crippen LogP contribution is -2.15. The molecule has 0 aliphatic carbocycles. The van der Waals surface area contributed by atoms with E-state index >= 15 is 0 Å². The smallest absolute Gasteiger partial charge is 0.234 e. The summed E-state index contributed by atoms with van der Waals surface area (Å²) in [6.07, 6.45) is 3.22. The van der Waals surface area contributed by atoms with Crippen molar-refractivity contribution >= 4 is 23.4 Å². The van der Waals surface area contributed by atoms with Gasteiger partial charge in [0.2, 0.25) is 5.91 Å². The largest absolute Gasteiger partial charge is 0.497 e. The van der Waals surface area contributed by atoms with Gasteiger partial charge in [0.1, 0.15) is 23.6 Å². The number of rotatable bonds is 8. The molecular formula is C17H18N4O4S. The van der Waals surface area contributed by atoms with Crippen molar-refractivity contribution < 1.29 is 18.7 Å². The third-order valence-electron chi connectivity index (χ3n) is 3.50. The maximum atomic E-state index is 12.3. The molecule has 0 radical (unpaired) electrons. The molecule has 0 spiro atoms. The number of anilines is 1. The van der Waals surface area contributed by atoms with E-state index in [4.69, 9.17) is 13.9 Å². The number of hydrogen-bond donors (Lipinski definition) is 1. The Bertz CT molecular complexity index is 864. The zero-order valence-electron chi connectivity index (χ0n) is 14.3. The molecule has 136 valence electrons. The van der Waals surface area contributed by atoms with E-state index in [1.807, 2.05) is 16.7 Å². The van der Waals surface area contributed by atoms with Gasteiger partial charge < -0.3 is 23.8 Å². The first kappa shape index (κ1) is 17.9. The minimum atomic E-state index is -0.186. The maximum Gasteiger partial charge on any atom is 0.234 e. The number of ether oxygens (including phenoxy) is 2. The second-order valence-electron chi connectivity index (χ2n) is 5.22. The number of nitrogens with zero attached hydrogens (tertiary/aromatic N) is 3. The van der Waals surface area contributed by atoms with Gasteiger partial charge in [-0.25, -0.2) is 0 Å². The summed E-state index contributed by atoms with van der Waals surface area (Å²) >= 11 is 1.29. The Morgan fingerprint density at radius 1 is 1.31 bits per heavy atom. The quantitative estimate of drug-likeness (QED) is 0.606. The molecule has 2 heterocycles. The maximum absolute atomic E-state index is 12.3. The lowest BCUT2D eigenvalue weighted by atomic mass is 10.2. The Balaban J connectivity index is 1.61. The highest BCUT2D eigenvalue weighted by atomic mass is 32.2. The highest BCUT2D eigenvalue weighted by molar-refractivity contribution is 7.99. The Morgan fingerprint density at radius 3 is 2.92 bits per heavy atom. The molecule has 8 nitrogen and oxygen atoms in total. The van der Waals surface area contributed by atoms with E-state index < -0.39 is 0 Å². The number of methoxy groups -OCH3 is 2. The van der Waals surface area contributed by atoms with Gasteiger partial charge in [0.25, 0.3) is 0 Å². The van der Waals surface area contributed by atoms with E-state index in [-0.39, 0.29) is 11.7 Å². The van der Waals surface area contributed by atoms with E-state index in [1.165, 1.54) is 11.8 Å². The number of nitrogens with one attached hydrogen (secondary N) is 1. The first-order valence-electron chi connectivity index (χ1n) is 7.74. The van der Waals surface area contributed by atoms with Gasteiger partial charge in [0.15, 0.2) is 5.16 Å². The van der Waals surface area contributed by atoms with Crippen LogP contribution >= 0.6 is 11.8 Å². The van der Waals surface area contributed by atoms with Crippen LogP contribution in [-0.4, -0.2) is 40.6 Å². The normalized spacial score (nSPS) is 10.5. The molecule has 0 saturated heterocycles. The van der Waals surface area contributed by atoms with Gasteiger partial charge in [0.05, 0.1) is 38.5 Å². The summed E-state index contributed by atoms with van der Waals surface area (Å²) < 4.78 is 17.6. The molecule has 9 heteroatoms. The van der Waals surface area contributed by atoms with Gasteiger partial charge in [0, 0.05) is 6.07 Å². The van der Waals surface area contributed by atoms with Crippen LogP contribution < -0.4 is 14.8 Å². The van der Waals surface area contributed by atoms with Crippen LogP contribution in [0.5, 0.6) is 11.5 Å². The SMILES string of the molecule is COc1ccc(OC)c(NC(=O)CSc2nncn2Cc2ccco2)c1. The van der Waals surface area contributed by atoms with E-state index in [2.05, 4.69) is 15.5 Å². The molecule has 1 aromatic carbocycles. The number of benzene rings is 1. The molecule has 0 atom stereocenters. The summed E-state index contributed by atoms with van der Waals surface area (Å²) in [5, 5.41) is 11.4. The van der Waals surface area contributed by atoms with Crippen LogP contribution in [0.1, 0.15) is 5.76 Å². The van der Waals surface area contributed by atoms with Crippen LogP contribution in [0, 0.1) is 0 Å². The second kappa shape index (κ2) is 8.43. The Morgan fingerprint density at radius 2 is 2.19 bits per heavy atom. The van der Waals surface area contributed by atoms with Gasteiger partial charge in [-0.2, -0.15) is 0 Å². The Hall–Kier alpha value is -2.94. The molecule has 3 aromatic rings. The van der Waals surface area contributed by atoms with Crippen LogP contribution in [0.3, 0.4) is 0 Å². The predicted octanol–water partition coefficient (Wildman–Crippen LogP) is 2.67. The summed E-state index contributed by atoms with van der Waals surface area (Å²) in [5.41, 5.74) is 0.550. The van der Waals surface area contributed by atoms with Crippen LogP contribution in [0.15, 0.2) is 52.5 Å². The fourth-order valence-corrected chi connectivity index (χ4v) is 2.98. The molecule has 1 amide bonds. The summed E-state index contributed by atoms with van der Waals surface area (Å²) in [5.74, 6) is 1.97. The number of aromatic nitrogens is 3. The van der Waals surface area contributed by atoms with Crippen molar-refractivity contribution in [3.8, 4) is 11.5 Å². The van der Waals surface area contributed by atoms with Crippen molar-refractivity contribution in [3.05, 3.63) is 48.7 Å². The Kier molecular flexibility index (Phi) is 5.80. The van der Waals surface area contributed by atoms with Crippen molar-refractivity contribution in [2.75, 3.05) is 25.3 Å². The van der Waals surface area contributed by atoms with Crippen molar-refractivity contribution in [3.63, 3.8) is 0 Å². The summed E-state index contributed by atoms with van der Waals surface area (Å²) in [7, 11) is 3.11. The van der Waals surface area contributed by atoms with Crippen LogP contribution in [0.25, 0.3) is 0 Å². The van der Waals surface area contributed by atoms with E-state index in [0.717, 1.165) is 5.76 Å². The Labute approximate surface area is 154 Å². The average Bonchev–Trinajstić information content (AvgIpc) is 3.32. The van der Waals surface area contributed by atoms with Gasteiger partial charge in [-0.15, -0.1) is 10.2 Å². The molecular weight excluding hydrogens is 356 g/mol. The van der Waals surface area contributed by atoms with Crippen molar-refractivity contribution in [1.82, 2.24) is 14.8 Å². The zero-order chi connectivity index (χ0) is 18.4. The molecule has 26 heavy (non-hydrogen) atoms. The minimum absolute atomic E-state index is 0.178. The number of hydrogen-bond acceptors (Lipinski definition) is 7. The van der Waals surface area contributed by atoms with E-state index in [9.17, 15) is 4.79 Å². The number of furan rings is 1. The first-order chi connectivity index (χ1) is 12.7. The molecule has 2 aromatic heterocycles. The lowest BCUT2D eigenvalue weighted by molar-refractivity contribution is -0.113. The average molecular weight is 374 g/mol. The third kappa shape index (κ3) is 4.37. The molecule has 0 unspecified atom stereocenters. The first-order valence-corrected chi connectivity index (χ1v) is 8.73. The van der Waals surface area contributed by atoms with Gasteiger partial charge in [-0.3, -0.25) is 4.79 Å². The van der Waals surface area contributed by atoms with Crippen molar-refractivity contribution in [2.24, 2.45) is 0 Å². The van der Waals surface area contributed by atoms with E-state index in [1.54, 1.807) is 45.0 Å².